The van der Waals surface area contributed by atoms with Crippen LogP contribution in [0.2, 0.25) is 19.6 Å². The van der Waals surface area contributed by atoms with Crippen molar-refractivity contribution < 1.29 is 23.7 Å². The van der Waals surface area contributed by atoms with Crippen molar-refractivity contribution in [1.82, 2.24) is 0 Å². The average Bonchev–Trinajstić information content (AvgIpc) is 2.82. The first-order valence-electron chi connectivity index (χ1n) is 11.7. The second-order valence-corrected chi connectivity index (χ2v) is 14.2. The van der Waals surface area contributed by atoms with Gasteiger partial charge in [-0.2, -0.15) is 0 Å². The monoisotopic (exact) mass is 482 g/mol. The van der Waals surface area contributed by atoms with Crippen molar-refractivity contribution in [1.29, 1.82) is 0 Å². The Hall–Kier alpha value is -2.27. The first kappa shape index (κ1) is 28.0. The minimum atomic E-state index is -1.47. The number of aldehydes is 1. The maximum Gasteiger partial charge on any atom is 0.184 e. The molecule has 0 saturated carbocycles. The lowest BCUT2D eigenvalue weighted by Gasteiger charge is -2.35. The fourth-order valence-corrected chi connectivity index (χ4v) is 3.86. The van der Waals surface area contributed by atoms with Crippen LogP contribution in [0.15, 0.2) is 65.8 Å². The van der Waals surface area contributed by atoms with Crippen LogP contribution in [0, 0.1) is 17.4 Å². The van der Waals surface area contributed by atoms with Gasteiger partial charge in [0.1, 0.15) is 21.2 Å². The molecular weight excluding hydrogens is 444 g/mol. The van der Waals surface area contributed by atoms with Crippen LogP contribution in [0.25, 0.3) is 0 Å². The van der Waals surface area contributed by atoms with E-state index in [1.165, 1.54) is 0 Å². The van der Waals surface area contributed by atoms with E-state index in [0.29, 0.717) is 13.2 Å². The molecule has 1 saturated heterocycles. The number of hydrogen-bond donors (Lipinski definition) is 0. The maximum absolute atomic E-state index is 10.9. The van der Waals surface area contributed by atoms with Gasteiger partial charge < -0.3 is 18.9 Å². The van der Waals surface area contributed by atoms with E-state index in [1.807, 2.05) is 55.5 Å². The predicted octanol–water partition coefficient (Wildman–Crippen LogP) is 5.63. The molecule has 0 aromatic heterocycles. The zero-order valence-corrected chi connectivity index (χ0v) is 22.1. The van der Waals surface area contributed by atoms with Crippen LogP contribution in [-0.2, 0) is 23.7 Å². The number of allylic oxidation sites excluding steroid dienone is 3. The van der Waals surface area contributed by atoms with Crippen LogP contribution in [0.1, 0.15) is 31.6 Å². The van der Waals surface area contributed by atoms with Gasteiger partial charge in [-0.15, -0.1) is 5.54 Å². The molecule has 1 heterocycles. The van der Waals surface area contributed by atoms with E-state index in [2.05, 4.69) is 37.2 Å². The van der Waals surface area contributed by atoms with E-state index in [-0.39, 0.29) is 18.8 Å². The normalized spacial score (nSPS) is 21.9. The van der Waals surface area contributed by atoms with Gasteiger partial charge in [0, 0.05) is 18.6 Å². The Balaban J connectivity index is 2.21. The molecule has 1 fully saturated rings. The molecule has 1 aromatic rings. The average molecular weight is 483 g/mol. The Kier molecular flexibility index (Phi) is 12.2. The molecule has 184 valence electrons. The lowest BCUT2D eigenvalue weighted by Crippen LogP contribution is -2.35. The molecule has 0 aliphatic carbocycles. The largest absolute Gasteiger partial charge is 0.359 e. The second-order valence-electron chi connectivity index (χ2n) is 9.43. The SMILES string of the molecule is COCOCC(=C\C#C[Si](C)(C)C)/C=C/[C@@H]1O[C@H](c2ccccc2)OC[C@H]1CC/C=C(\C)C=O. The fourth-order valence-electron chi connectivity index (χ4n) is 3.35. The molecule has 1 aromatic carbocycles. The summed E-state index contributed by atoms with van der Waals surface area (Å²) in [4.78, 5) is 10.9. The van der Waals surface area contributed by atoms with E-state index in [4.69, 9.17) is 18.9 Å². The number of methoxy groups -OCH3 is 1. The van der Waals surface area contributed by atoms with Gasteiger partial charge in [0.05, 0.1) is 19.3 Å². The van der Waals surface area contributed by atoms with Crippen LogP contribution in [0.5, 0.6) is 0 Å². The third kappa shape index (κ3) is 10.8. The molecular formula is C28H38O5Si. The summed E-state index contributed by atoms with van der Waals surface area (Å²) in [7, 11) is 0.137. The lowest BCUT2D eigenvalue weighted by molar-refractivity contribution is -0.229. The number of hydrogen-bond acceptors (Lipinski definition) is 5. The molecule has 3 atom stereocenters. The lowest BCUT2D eigenvalue weighted by atomic mass is 9.94. The molecule has 34 heavy (non-hydrogen) atoms. The highest BCUT2D eigenvalue weighted by Gasteiger charge is 2.30. The molecule has 5 nitrogen and oxygen atoms in total. The molecule has 0 unspecified atom stereocenters. The van der Waals surface area contributed by atoms with Gasteiger partial charge in [-0.25, -0.2) is 0 Å². The van der Waals surface area contributed by atoms with Crippen molar-refractivity contribution in [3.63, 3.8) is 0 Å². The molecule has 2 rings (SSSR count). The summed E-state index contributed by atoms with van der Waals surface area (Å²) in [6.07, 6.45) is 9.98. The van der Waals surface area contributed by atoms with Gasteiger partial charge in [-0.05, 0) is 37.0 Å². The number of benzene rings is 1. The molecule has 6 heteroatoms. The first-order valence-corrected chi connectivity index (χ1v) is 15.2. The van der Waals surface area contributed by atoms with E-state index >= 15 is 0 Å². The van der Waals surface area contributed by atoms with E-state index in [1.54, 1.807) is 7.11 Å². The van der Waals surface area contributed by atoms with Gasteiger partial charge in [-0.1, -0.05) is 74.1 Å². The standard InChI is InChI=1S/C28H38O5Si/c1-23(19-29)11-9-15-26-21-32-28(25-13-7-6-8-14-25)33-27(26)17-16-24(20-31-22-30-2)12-10-18-34(3,4)5/h6-8,11-14,16-17,19,26-28H,9,15,20-22H2,1-5H3/b17-16+,23-11+,24-12-/t26-,27+,28-/m1/s1. The van der Waals surface area contributed by atoms with Gasteiger partial charge in [0.2, 0.25) is 0 Å². The van der Waals surface area contributed by atoms with Gasteiger partial charge in [-0.3, -0.25) is 4.79 Å². The molecule has 0 radical (unpaired) electrons. The van der Waals surface area contributed by atoms with E-state index in [9.17, 15) is 4.79 Å². The van der Waals surface area contributed by atoms with E-state index < -0.39 is 14.4 Å². The summed E-state index contributed by atoms with van der Waals surface area (Å²) in [6.45, 7) is 9.68. The highest BCUT2D eigenvalue weighted by atomic mass is 28.3. The van der Waals surface area contributed by atoms with Crippen LogP contribution >= 0.6 is 0 Å². The summed E-state index contributed by atoms with van der Waals surface area (Å²) >= 11 is 0. The van der Waals surface area contributed by atoms with Crippen LogP contribution in [0.4, 0.5) is 0 Å². The third-order valence-corrected chi connectivity index (χ3v) is 6.04. The quantitative estimate of drug-likeness (QED) is 0.0779. The summed E-state index contributed by atoms with van der Waals surface area (Å²) in [5, 5.41) is 0. The van der Waals surface area contributed by atoms with Crippen molar-refractivity contribution in [2.45, 2.75) is 51.8 Å². The second kappa shape index (κ2) is 14.9. The van der Waals surface area contributed by atoms with Crippen LogP contribution in [-0.4, -0.2) is 47.6 Å². The van der Waals surface area contributed by atoms with E-state index in [0.717, 1.165) is 35.8 Å². The van der Waals surface area contributed by atoms with Crippen molar-refractivity contribution in [2.24, 2.45) is 5.92 Å². The van der Waals surface area contributed by atoms with Crippen molar-refractivity contribution >= 4 is 14.4 Å². The fraction of sp³-hybridized carbons (Fsp3) is 0.464. The summed E-state index contributed by atoms with van der Waals surface area (Å²) in [5.74, 6) is 3.38. The van der Waals surface area contributed by atoms with Crippen molar-refractivity contribution in [3.05, 3.63) is 71.3 Å². The molecule has 1 aliphatic rings. The number of carbonyl (C=O) groups is 1. The predicted molar refractivity (Wildman–Crippen MR) is 139 cm³/mol. The minimum absolute atomic E-state index is 0.139. The highest BCUT2D eigenvalue weighted by Crippen LogP contribution is 2.32. The first-order chi connectivity index (χ1) is 16.3. The Morgan fingerprint density at radius 3 is 2.68 bits per heavy atom. The zero-order chi connectivity index (χ0) is 24.8. The Morgan fingerprint density at radius 1 is 1.24 bits per heavy atom. The van der Waals surface area contributed by atoms with Gasteiger partial charge in [0.25, 0.3) is 0 Å². The number of rotatable bonds is 11. The summed E-state index contributed by atoms with van der Waals surface area (Å²) in [6, 6.07) is 9.97. The Bertz CT molecular complexity index is 902. The van der Waals surface area contributed by atoms with Gasteiger partial charge >= 0.3 is 0 Å². The van der Waals surface area contributed by atoms with Gasteiger partial charge in [0.15, 0.2) is 6.29 Å². The maximum atomic E-state index is 10.9. The summed E-state index contributed by atoms with van der Waals surface area (Å²) < 4.78 is 23.1. The number of ether oxygens (including phenoxy) is 4. The number of carbonyl (C=O) groups excluding carboxylic acids is 1. The third-order valence-electron chi connectivity index (χ3n) is 5.14. The molecule has 1 aliphatic heterocycles. The van der Waals surface area contributed by atoms with Crippen molar-refractivity contribution in [2.75, 3.05) is 27.1 Å². The molecule has 0 spiro atoms. The van der Waals surface area contributed by atoms with Crippen LogP contribution < -0.4 is 0 Å². The van der Waals surface area contributed by atoms with Crippen LogP contribution in [0.3, 0.4) is 0 Å². The smallest absolute Gasteiger partial charge is 0.184 e. The highest BCUT2D eigenvalue weighted by molar-refractivity contribution is 6.83. The summed E-state index contributed by atoms with van der Waals surface area (Å²) in [5.41, 5.74) is 6.07. The molecule has 0 amide bonds. The Morgan fingerprint density at radius 2 is 2.00 bits per heavy atom. The Labute approximate surface area is 205 Å². The van der Waals surface area contributed by atoms with Crippen molar-refractivity contribution in [3.8, 4) is 11.5 Å². The molecule has 0 N–H and O–H groups in total. The topological polar surface area (TPSA) is 54.0 Å². The zero-order valence-electron chi connectivity index (χ0n) is 21.1. The minimum Gasteiger partial charge on any atom is -0.359 e. The molecule has 0 bridgehead atoms.